The van der Waals surface area contributed by atoms with Crippen molar-refractivity contribution < 1.29 is 5.11 Å². The van der Waals surface area contributed by atoms with Crippen LogP contribution in [0.1, 0.15) is 18.4 Å². The summed E-state index contributed by atoms with van der Waals surface area (Å²) in [6, 6.07) is 7.90. The van der Waals surface area contributed by atoms with Gasteiger partial charge >= 0.3 is 0 Å². The first-order valence-electron chi connectivity index (χ1n) is 5.89. The van der Waals surface area contributed by atoms with E-state index in [2.05, 4.69) is 5.32 Å². The molecule has 0 bridgehead atoms. The topological polar surface area (TPSA) is 32.3 Å². The molecule has 2 nitrogen and oxygen atoms in total. The first-order chi connectivity index (χ1) is 7.77. The number of halogens is 1. The third-order valence-electron chi connectivity index (χ3n) is 3.05. The standard InChI is InChI=1S/C13H18ClNO/c14-12-4-2-1-3-10(12)7-8-15-9-13(16)11-5-6-11/h1-4,11,13,15-16H,5-9H2. The molecule has 1 fully saturated rings. The number of benzene rings is 1. The van der Waals surface area contributed by atoms with E-state index in [1.165, 1.54) is 12.8 Å². The maximum atomic E-state index is 9.65. The SMILES string of the molecule is OC(CNCCc1ccccc1Cl)C1CC1. The lowest BCUT2D eigenvalue weighted by Gasteiger charge is -2.10. The summed E-state index contributed by atoms with van der Waals surface area (Å²) in [5.41, 5.74) is 1.16. The Morgan fingerprint density at radius 2 is 2.12 bits per heavy atom. The fraction of sp³-hybridized carbons (Fsp3) is 0.538. The lowest BCUT2D eigenvalue weighted by Crippen LogP contribution is -2.29. The molecule has 1 aromatic rings. The molecule has 0 spiro atoms. The second kappa shape index (κ2) is 5.67. The monoisotopic (exact) mass is 239 g/mol. The summed E-state index contributed by atoms with van der Waals surface area (Å²) < 4.78 is 0. The maximum absolute atomic E-state index is 9.65. The fourth-order valence-corrected chi connectivity index (χ4v) is 2.05. The zero-order chi connectivity index (χ0) is 11.4. The van der Waals surface area contributed by atoms with Gasteiger partial charge in [0.1, 0.15) is 0 Å². The highest BCUT2D eigenvalue weighted by Gasteiger charge is 2.28. The van der Waals surface area contributed by atoms with Crippen LogP contribution in [0.3, 0.4) is 0 Å². The number of hydrogen-bond acceptors (Lipinski definition) is 2. The molecule has 1 unspecified atom stereocenters. The normalized spacial score (nSPS) is 17.4. The van der Waals surface area contributed by atoms with E-state index in [1.807, 2.05) is 24.3 Å². The molecule has 0 radical (unpaired) electrons. The van der Waals surface area contributed by atoms with Crippen molar-refractivity contribution in [3.63, 3.8) is 0 Å². The van der Waals surface area contributed by atoms with Crippen LogP contribution in [0.15, 0.2) is 24.3 Å². The Kier molecular flexibility index (Phi) is 4.22. The molecule has 1 atom stereocenters. The molecule has 0 aliphatic heterocycles. The predicted molar refractivity (Wildman–Crippen MR) is 66.8 cm³/mol. The van der Waals surface area contributed by atoms with Crippen LogP contribution in [0.5, 0.6) is 0 Å². The van der Waals surface area contributed by atoms with E-state index in [-0.39, 0.29) is 6.10 Å². The third-order valence-corrected chi connectivity index (χ3v) is 3.42. The van der Waals surface area contributed by atoms with Gasteiger partial charge < -0.3 is 10.4 Å². The highest BCUT2D eigenvalue weighted by Crippen LogP contribution is 2.32. The second-order valence-corrected chi connectivity index (χ2v) is 4.86. The van der Waals surface area contributed by atoms with Crippen LogP contribution < -0.4 is 5.32 Å². The molecule has 1 aliphatic rings. The van der Waals surface area contributed by atoms with E-state index in [1.54, 1.807) is 0 Å². The smallest absolute Gasteiger partial charge is 0.0692 e. The summed E-state index contributed by atoms with van der Waals surface area (Å²) in [4.78, 5) is 0. The zero-order valence-electron chi connectivity index (χ0n) is 9.32. The Hall–Kier alpha value is -0.570. The van der Waals surface area contributed by atoms with E-state index in [0.717, 1.165) is 23.6 Å². The highest BCUT2D eigenvalue weighted by atomic mass is 35.5. The molecule has 88 valence electrons. The minimum atomic E-state index is -0.161. The van der Waals surface area contributed by atoms with E-state index >= 15 is 0 Å². The van der Waals surface area contributed by atoms with Crippen molar-refractivity contribution in [2.75, 3.05) is 13.1 Å². The van der Waals surface area contributed by atoms with Gasteiger partial charge in [0, 0.05) is 11.6 Å². The largest absolute Gasteiger partial charge is 0.392 e. The Morgan fingerprint density at radius 3 is 2.81 bits per heavy atom. The molecule has 0 saturated heterocycles. The van der Waals surface area contributed by atoms with E-state index in [9.17, 15) is 5.11 Å². The van der Waals surface area contributed by atoms with Gasteiger partial charge in [0.15, 0.2) is 0 Å². The quantitative estimate of drug-likeness (QED) is 0.747. The molecular formula is C13H18ClNO. The van der Waals surface area contributed by atoms with Crippen LogP contribution >= 0.6 is 11.6 Å². The van der Waals surface area contributed by atoms with Crippen molar-refractivity contribution in [2.24, 2.45) is 5.92 Å². The van der Waals surface area contributed by atoms with Crippen molar-refractivity contribution in [3.05, 3.63) is 34.9 Å². The first kappa shape index (κ1) is 11.9. The van der Waals surface area contributed by atoms with Crippen LogP contribution in [0, 0.1) is 5.92 Å². The summed E-state index contributed by atoms with van der Waals surface area (Å²) in [6.07, 6.45) is 3.13. The van der Waals surface area contributed by atoms with Gasteiger partial charge in [-0.05, 0) is 43.4 Å². The van der Waals surface area contributed by atoms with E-state index < -0.39 is 0 Å². The lowest BCUT2D eigenvalue weighted by molar-refractivity contribution is 0.149. The van der Waals surface area contributed by atoms with Gasteiger partial charge in [-0.1, -0.05) is 29.8 Å². The Morgan fingerprint density at radius 1 is 1.38 bits per heavy atom. The zero-order valence-corrected chi connectivity index (χ0v) is 10.1. The predicted octanol–water partition coefficient (Wildman–Crippen LogP) is 2.24. The van der Waals surface area contributed by atoms with Crippen molar-refractivity contribution in [3.8, 4) is 0 Å². The third kappa shape index (κ3) is 3.48. The summed E-state index contributed by atoms with van der Waals surface area (Å²) in [6.45, 7) is 1.57. The number of rotatable bonds is 6. The minimum Gasteiger partial charge on any atom is -0.392 e. The molecule has 2 rings (SSSR count). The van der Waals surface area contributed by atoms with Crippen molar-refractivity contribution in [1.82, 2.24) is 5.32 Å². The van der Waals surface area contributed by atoms with Crippen LogP contribution in [0.25, 0.3) is 0 Å². The molecule has 3 heteroatoms. The highest BCUT2D eigenvalue weighted by molar-refractivity contribution is 6.31. The van der Waals surface area contributed by atoms with Gasteiger partial charge in [0.2, 0.25) is 0 Å². The average molecular weight is 240 g/mol. The summed E-state index contributed by atoms with van der Waals surface area (Å²) in [5.74, 6) is 0.549. The molecule has 1 aliphatic carbocycles. The molecular weight excluding hydrogens is 222 g/mol. The first-order valence-corrected chi connectivity index (χ1v) is 6.27. The van der Waals surface area contributed by atoms with Crippen LogP contribution in [0.2, 0.25) is 5.02 Å². The van der Waals surface area contributed by atoms with E-state index in [0.29, 0.717) is 12.5 Å². The number of hydrogen-bond donors (Lipinski definition) is 2. The van der Waals surface area contributed by atoms with Gasteiger partial charge in [-0.15, -0.1) is 0 Å². The molecule has 1 aromatic carbocycles. The molecule has 0 amide bonds. The summed E-state index contributed by atoms with van der Waals surface area (Å²) in [5, 5.41) is 13.8. The lowest BCUT2D eigenvalue weighted by atomic mass is 10.1. The second-order valence-electron chi connectivity index (χ2n) is 4.45. The summed E-state index contributed by atoms with van der Waals surface area (Å²) in [7, 11) is 0. The van der Waals surface area contributed by atoms with Gasteiger partial charge in [-0.3, -0.25) is 0 Å². The fourth-order valence-electron chi connectivity index (χ4n) is 1.82. The van der Waals surface area contributed by atoms with Crippen LogP contribution in [-0.2, 0) is 6.42 Å². The Bertz CT molecular complexity index is 338. The minimum absolute atomic E-state index is 0.161. The number of aliphatic hydroxyl groups excluding tert-OH is 1. The average Bonchev–Trinajstić information content (AvgIpc) is 3.10. The van der Waals surface area contributed by atoms with Crippen molar-refractivity contribution in [2.45, 2.75) is 25.4 Å². The van der Waals surface area contributed by atoms with Crippen molar-refractivity contribution in [1.29, 1.82) is 0 Å². The molecule has 0 aromatic heterocycles. The number of aliphatic hydroxyl groups is 1. The van der Waals surface area contributed by atoms with Crippen LogP contribution in [-0.4, -0.2) is 24.3 Å². The Balaban J connectivity index is 1.66. The van der Waals surface area contributed by atoms with Crippen molar-refractivity contribution >= 4 is 11.6 Å². The molecule has 16 heavy (non-hydrogen) atoms. The Labute approximate surface area is 102 Å². The van der Waals surface area contributed by atoms with Gasteiger partial charge in [0.25, 0.3) is 0 Å². The molecule has 2 N–H and O–H groups in total. The van der Waals surface area contributed by atoms with Gasteiger partial charge in [0.05, 0.1) is 6.10 Å². The van der Waals surface area contributed by atoms with Gasteiger partial charge in [-0.2, -0.15) is 0 Å². The maximum Gasteiger partial charge on any atom is 0.0692 e. The van der Waals surface area contributed by atoms with Gasteiger partial charge in [-0.25, -0.2) is 0 Å². The van der Waals surface area contributed by atoms with E-state index in [4.69, 9.17) is 11.6 Å². The molecule has 0 heterocycles. The molecule has 1 saturated carbocycles. The number of nitrogens with one attached hydrogen (secondary N) is 1. The van der Waals surface area contributed by atoms with Crippen LogP contribution in [0.4, 0.5) is 0 Å². The summed E-state index contributed by atoms with van der Waals surface area (Å²) >= 11 is 6.05.